The van der Waals surface area contributed by atoms with E-state index in [2.05, 4.69) is 42.3 Å². The summed E-state index contributed by atoms with van der Waals surface area (Å²) in [5.41, 5.74) is 0. The van der Waals surface area contributed by atoms with E-state index in [-0.39, 0.29) is 18.5 Å². The lowest BCUT2D eigenvalue weighted by Gasteiger charge is -2.12. The van der Waals surface area contributed by atoms with Gasteiger partial charge in [0, 0.05) is 19.2 Å². The summed E-state index contributed by atoms with van der Waals surface area (Å²) in [6, 6.07) is 1.78. The van der Waals surface area contributed by atoms with Crippen molar-refractivity contribution in [2.75, 3.05) is 13.7 Å². The van der Waals surface area contributed by atoms with Crippen LogP contribution in [-0.4, -0.2) is 35.4 Å². The van der Waals surface area contributed by atoms with E-state index in [1.54, 1.807) is 17.9 Å². The van der Waals surface area contributed by atoms with Crippen LogP contribution < -0.4 is 5.32 Å². The molecule has 0 saturated carbocycles. The Morgan fingerprint density at radius 1 is 1.69 bits per heavy atom. The Morgan fingerprint density at radius 2 is 2.38 bits per heavy atom. The van der Waals surface area contributed by atoms with Crippen molar-refractivity contribution in [3.8, 4) is 0 Å². The molecule has 90 valence electrons. The second-order valence-electron chi connectivity index (χ2n) is 3.37. The van der Waals surface area contributed by atoms with Crippen LogP contribution in [0.5, 0.6) is 0 Å². The normalized spacial score (nSPS) is 12.5. The van der Waals surface area contributed by atoms with Crippen LogP contribution in [0.25, 0.3) is 0 Å². The molecule has 0 aliphatic carbocycles. The first-order valence-corrected chi connectivity index (χ1v) is 6.28. The quantitative estimate of drug-likeness (QED) is 0.873. The second-order valence-corrected chi connectivity index (χ2v) is 5.00. The number of carbonyl (C=O) groups is 1. The molecule has 1 heterocycles. The van der Waals surface area contributed by atoms with Gasteiger partial charge in [-0.1, -0.05) is 0 Å². The van der Waals surface area contributed by atoms with Gasteiger partial charge in [0.15, 0.2) is 0 Å². The third-order valence-corrected chi connectivity index (χ3v) is 2.84. The van der Waals surface area contributed by atoms with Gasteiger partial charge < -0.3 is 10.1 Å². The molecule has 1 rings (SSSR count). The van der Waals surface area contributed by atoms with Crippen LogP contribution in [0.4, 0.5) is 0 Å². The number of rotatable bonds is 5. The van der Waals surface area contributed by atoms with Crippen LogP contribution >= 0.6 is 31.9 Å². The van der Waals surface area contributed by atoms with Crippen LogP contribution in [-0.2, 0) is 16.1 Å². The highest BCUT2D eigenvalue weighted by atomic mass is 79.9. The van der Waals surface area contributed by atoms with Crippen LogP contribution in [0.15, 0.2) is 15.3 Å². The minimum absolute atomic E-state index is 0.00437. The van der Waals surface area contributed by atoms with E-state index < -0.39 is 0 Å². The molecule has 16 heavy (non-hydrogen) atoms. The standard InChI is InChI=1S/C9H13Br2N3O2/c1-6(5-16-2)12-9(15)4-14-8(11)3-7(10)13-14/h3,6H,4-5H2,1-2H3,(H,12,15). The summed E-state index contributed by atoms with van der Waals surface area (Å²) in [4.78, 5) is 11.6. The zero-order valence-electron chi connectivity index (χ0n) is 9.04. The first-order chi connectivity index (χ1) is 7.52. The number of methoxy groups -OCH3 is 1. The predicted octanol–water partition coefficient (Wildman–Crippen LogP) is 1.56. The number of hydrogen-bond donors (Lipinski definition) is 1. The van der Waals surface area contributed by atoms with Crippen LogP contribution in [0.2, 0.25) is 0 Å². The van der Waals surface area contributed by atoms with Gasteiger partial charge in [0.1, 0.15) is 15.8 Å². The largest absolute Gasteiger partial charge is 0.383 e. The maximum atomic E-state index is 11.6. The van der Waals surface area contributed by atoms with Gasteiger partial charge in [0.25, 0.3) is 0 Å². The van der Waals surface area contributed by atoms with Gasteiger partial charge in [-0.25, -0.2) is 4.68 Å². The summed E-state index contributed by atoms with van der Waals surface area (Å²) >= 11 is 6.54. The summed E-state index contributed by atoms with van der Waals surface area (Å²) in [6.07, 6.45) is 0. The number of halogens is 2. The van der Waals surface area contributed by atoms with Crippen molar-refractivity contribution in [1.29, 1.82) is 0 Å². The van der Waals surface area contributed by atoms with Gasteiger partial charge >= 0.3 is 0 Å². The molecular weight excluding hydrogens is 342 g/mol. The minimum Gasteiger partial charge on any atom is -0.383 e. The Hall–Kier alpha value is -0.400. The Bertz CT molecular complexity index is 368. The smallest absolute Gasteiger partial charge is 0.242 e. The number of aromatic nitrogens is 2. The fraction of sp³-hybridized carbons (Fsp3) is 0.556. The highest BCUT2D eigenvalue weighted by Crippen LogP contribution is 2.15. The summed E-state index contributed by atoms with van der Waals surface area (Å²) < 4.78 is 7.95. The monoisotopic (exact) mass is 353 g/mol. The fourth-order valence-corrected chi connectivity index (χ4v) is 2.36. The lowest BCUT2D eigenvalue weighted by Crippen LogP contribution is -2.37. The molecule has 1 amide bonds. The van der Waals surface area contributed by atoms with Crippen molar-refractivity contribution < 1.29 is 9.53 Å². The average Bonchev–Trinajstić information content (AvgIpc) is 2.44. The highest BCUT2D eigenvalue weighted by Gasteiger charge is 2.10. The number of ether oxygens (including phenoxy) is 1. The van der Waals surface area contributed by atoms with Crippen molar-refractivity contribution in [2.45, 2.75) is 19.5 Å². The van der Waals surface area contributed by atoms with E-state index in [0.717, 1.165) is 4.60 Å². The molecule has 5 nitrogen and oxygen atoms in total. The fourth-order valence-electron chi connectivity index (χ4n) is 1.22. The van der Waals surface area contributed by atoms with E-state index in [0.29, 0.717) is 11.2 Å². The van der Waals surface area contributed by atoms with Crippen LogP contribution in [0.1, 0.15) is 6.92 Å². The molecule has 1 unspecified atom stereocenters. The molecule has 0 spiro atoms. The molecule has 0 aliphatic rings. The van der Waals surface area contributed by atoms with Crippen LogP contribution in [0.3, 0.4) is 0 Å². The Labute approximate surface area is 111 Å². The van der Waals surface area contributed by atoms with E-state index in [4.69, 9.17) is 4.74 Å². The summed E-state index contributed by atoms with van der Waals surface area (Å²) in [5, 5.41) is 6.90. The molecule has 1 N–H and O–H groups in total. The molecule has 0 aliphatic heterocycles. The van der Waals surface area contributed by atoms with Gasteiger partial charge in [-0.3, -0.25) is 4.79 Å². The molecule has 1 aromatic heterocycles. The lowest BCUT2D eigenvalue weighted by atomic mass is 10.3. The first kappa shape index (κ1) is 13.7. The molecule has 0 saturated heterocycles. The molecule has 1 aromatic rings. The van der Waals surface area contributed by atoms with Crippen molar-refractivity contribution >= 4 is 37.8 Å². The summed E-state index contributed by atoms with van der Waals surface area (Å²) in [5.74, 6) is -0.0964. The molecular formula is C9H13Br2N3O2. The maximum absolute atomic E-state index is 11.6. The summed E-state index contributed by atoms with van der Waals surface area (Å²) in [6.45, 7) is 2.56. The number of hydrogen-bond acceptors (Lipinski definition) is 3. The second kappa shape index (κ2) is 6.36. The van der Waals surface area contributed by atoms with E-state index >= 15 is 0 Å². The molecule has 0 radical (unpaired) electrons. The van der Waals surface area contributed by atoms with Crippen molar-refractivity contribution in [3.63, 3.8) is 0 Å². The van der Waals surface area contributed by atoms with Gasteiger partial charge in [0.05, 0.1) is 6.61 Å². The predicted molar refractivity (Wildman–Crippen MR) is 67.1 cm³/mol. The number of nitrogens with zero attached hydrogens (tertiary/aromatic N) is 2. The molecule has 0 fully saturated rings. The van der Waals surface area contributed by atoms with E-state index in [9.17, 15) is 4.79 Å². The zero-order chi connectivity index (χ0) is 12.1. The molecule has 0 bridgehead atoms. The Balaban J connectivity index is 2.48. The molecule has 0 aromatic carbocycles. The number of carbonyl (C=O) groups excluding carboxylic acids is 1. The Kier molecular flexibility index (Phi) is 5.43. The van der Waals surface area contributed by atoms with Gasteiger partial charge in [-0.15, -0.1) is 0 Å². The topological polar surface area (TPSA) is 56.1 Å². The van der Waals surface area contributed by atoms with Crippen molar-refractivity contribution in [1.82, 2.24) is 15.1 Å². The highest BCUT2D eigenvalue weighted by molar-refractivity contribution is 9.11. The van der Waals surface area contributed by atoms with Crippen molar-refractivity contribution in [2.24, 2.45) is 0 Å². The third kappa shape index (κ3) is 4.23. The SMILES string of the molecule is COCC(C)NC(=O)Cn1nc(Br)cc1Br. The maximum Gasteiger partial charge on any atom is 0.242 e. The third-order valence-electron chi connectivity index (χ3n) is 1.82. The summed E-state index contributed by atoms with van der Waals surface area (Å²) in [7, 11) is 1.60. The van der Waals surface area contributed by atoms with Crippen molar-refractivity contribution in [3.05, 3.63) is 15.3 Å². The zero-order valence-corrected chi connectivity index (χ0v) is 12.2. The van der Waals surface area contributed by atoms with Crippen LogP contribution in [0, 0.1) is 0 Å². The minimum atomic E-state index is -0.0964. The first-order valence-electron chi connectivity index (χ1n) is 4.70. The van der Waals surface area contributed by atoms with Gasteiger partial charge in [0.2, 0.25) is 5.91 Å². The number of nitrogens with one attached hydrogen (secondary N) is 1. The molecule has 1 atom stereocenters. The van der Waals surface area contributed by atoms with E-state index in [1.165, 1.54) is 0 Å². The number of amides is 1. The molecule has 7 heteroatoms. The average molecular weight is 355 g/mol. The Morgan fingerprint density at radius 3 is 2.88 bits per heavy atom. The lowest BCUT2D eigenvalue weighted by molar-refractivity contribution is -0.122. The van der Waals surface area contributed by atoms with Gasteiger partial charge in [-0.05, 0) is 38.8 Å². The van der Waals surface area contributed by atoms with Gasteiger partial charge in [-0.2, -0.15) is 5.10 Å². The van der Waals surface area contributed by atoms with E-state index in [1.807, 2.05) is 6.92 Å².